The van der Waals surface area contributed by atoms with Gasteiger partial charge in [-0.2, -0.15) is 0 Å². The van der Waals surface area contributed by atoms with Crippen molar-refractivity contribution in [1.82, 2.24) is 0 Å². The summed E-state index contributed by atoms with van der Waals surface area (Å²) in [6.45, 7) is 5.63. The van der Waals surface area contributed by atoms with E-state index in [-0.39, 0.29) is 5.97 Å². The molecule has 0 spiro atoms. The molecular formula is C11H21NO3. The van der Waals surface area contributed by atoms with Gasteiger partial charge in [0.25, 0.3) is 0 Å². The summed E-state index contributed by atoms with van der Waals surface area (Å²) in [6.07, 6.45) is 2.11. The molecule has 0 bridgehead atoms. The lowest BCUT2D eigenvalue weighted by Gasteiger charge is -2.11. The van der Waals surface area contributed by atoms with E-state index in [0.717, 1.165) is 12.8 Å². The molecule has 0 radical (unpaired) electrons. The first kappa shape index (κ1) is 12.5. The molecule has 0 heterocycles. The summed E-state index contributed by atoms with van der Waals surface area (Å²) < 4.78 is 10.3. The highest BCUT2D eigenvalue weighted by molar-refractivity contribution is 5.76. The summed E-state index contributed by atoms with van der Waals surface area (Å²) in [7, 11) is 0. The van der Waals surface area contributed by atoms with E-state index in [1.54, 1.807) is 0 Å². The molecule has 2 N–H and O–H groups in total. The molecular weight excluding hydrogens is 194 g/mol. The van der Waals surface area contributed by atoms with Gasteiger partial charge >= 0.3 is 5.97 Å². The molecule has 1 unspecified atom stereocenters. The first-order chi connectivity index (χ1) is 7.11. The summed E-state index contributed by atoms with van der Waals surface area (Å²) in [5.74, 6) is 0.578. The van der Waals surface area contributed by atoms with Crippen molar-refractivity contribution in [2.24, 2.45) is 17.6 Å². The molecule has 0 amide bonds. The highest BCUT2D eigenvalue weighted by Crippen LogP contribution is 2.31. The van der Waals surface area contributed by atoms with E-state index in [9.17, 15) is 4.79 Å². The third-order valence-corrected chi connectivity index (χ3v) is 2.33. The lowest BCUT2D eigenvalue weighted by atomic mass is 10.2. The largest absolute Gasteiger partial charge is 0.462 e. The first-order valence-electron chi connectivity index (χ1n) is 5.61. The van der Waals surface area contributed by atoms with Crippen molar-refractivity contribution in [3.8, 4) is 0 Å². The van der Waals surface area contributed by atoms with Crippen molar-refractivity contribution < 1.29 is 14.3 Å². The number of ether oxygens (including phenoxy) is 2. The normalized spacial score (nSPS) is 17.9. The second-order valence-electron chi connectivity index (χ2n) is 4.50. The Hall–Kier alpha value is -0.610. The van der Waals surface area contributed by atoms with Crippen LogP contribution in [0.2, 0.25) is 0 Å². The van der Waals surface area contributed by atoms with Gasteiger partial charge in [0.15, 0.2) is 0 Å². The summed E-state index contributed by atoms with van der Waals surface area (Å²) in [4.78, 5) is 11.3. The molecule has 15 heavy (non-hydrogen) atoms. The predicted octanol–water partition coefficient (Wildman–Crippen LogP) is 0.940. The second-order valence-corrected chi connectivity index (χ2v) is 4.50. The van der Waals surface area contributed by atoms with Crippen LogP contribution in [-0.4, -0.2) is 31.8 Å². The molecule has 0 aromatic carbocycles. The molecule has 4 heteroatoms. The zero-order valence-electron chi connectivity index (χ0n) is 9.57. The maximum Gasteiger partial charge on any atom is 0.323 e. The molecule has 1 aliphatic carbocycles. The van der Waals surface area contributed by atoms with E-state index in [1.807, 2.05) is 0 Å². The van der Waals surface area contributed by atoms with Gasteiger partial charge in [0.05, 0.1) is 6.61 Å². The number of hydrogen-bond acceptors (Lipinski definition) is 4. The highest BCUT2D eigenvalue weighted by atomic mass is 16.6. The van der Waals surface area contributed by atoms with Crippen LogP contribution in [0.3, 0.4) is 0 Å². The van der Waals surface area contributed by atoms with Gasteiger partial charge in [0, 0.05) is 6.61 Å². The molecule has 1 atom stereocenters. The molecule has 0 saturated heterocycles. The monoisotopic (exact) mass is 215 g/mol. The van der Waals surface area contributed by atoms with E-state index in [0.29, 0.717) is 31.7 Å². The number of hydrogen-bond donors (Lipinski definition) is 1. The molecule has 0 aromatic heterocycles. The molecule has 1 fully saturated rings. The van der Waals surface area contributed by atoms with E-state index in [2.05, 4.69) is 13.8 Å². The number of rotatable bonds is 7. The lowest BCUT2D eigenvalue weighted by Crippen LogP contribution is -2.34. The Kier molecular flexibility index (Phi) is 5.05. The zero-order valence-corrected chi connectivity index (χ0v) is 9.57. The Bertz CT molecular complexity index is 202. The second kappa shape index (κ2) is 6.08. The van der Waals surface area contributed by atoms with Gasteiger partial charge in [-0.3, -0.25) is 4.79 Å². The Balaban J connectivity index is 1.96. The molecule has 4 nitrogen and oxygen atoms in total. The summed E-state index contributed by atoms with van der Waals surface area (Å²) >= 11 is 0. The van der Waals surface area contributed by atoms with Gasteiger partial charge in [0.2, 0.25) is 0 Å². The lowest BCUT2D eigenvalue weighted by molar-refractivity contribution is -0.147. The molecule has 0 aromatic rings. The van der Waals surface area contributed by atoms with Gasteiger partial charge < -0.3 is 15.2 Å². The Labute approximate surface area is 91.1 Å². The fourth-order valence-corrected chi connectivity index (χ4v) is 1.26. The Morgan fingerprint density at radius 2 is 2.07 bits per heavy atom. The van der Waals surface area contributed by atoms with Crippen LogP contribution in [0.1, 0.15) is 26.7 Å². The van der Waals surface area contributed by atoms with Gasteiger partial charge in [-0.1, -0.05) is 13.8 Å². The average molecular weight is 215 g/mol. The SMILES string of the molecule is CC(C)COCCOC(=O)C(N)C1CC1. The fourth-order valence-electron chi connectivity index (χ4n) is 1.26. The quantitative estimate of drug-likeness (QED) is 0.507. The van der Waals surface area contributed by atoms with Crippen LogP contribution < -0.4 is 5.73 Å². The Morgan fingerprint density at radius 3 is 2.60 bits per heavy atom. The predicted molar refractivity (Wildman–Crippen MR) is 57.3 cm³/mol. The summed E-state index contributed by atoms with van der Waals surface area (Å²) in [6, 6.07) is -0.421. The van der Waals surface area contributed by atoms with Gasteiger partial charge in [-0.25, -0.2) is 0 Å². The third-order valence-electron chi connectivity index (χ3n) is 2.33. The fraction of sp³-hybridized carbons (Fsp3) is 0.909. The first-order valence-corrected chi connectivity index (χ1v) is 5.61. The van der Waals surface area contributed by atoms with Gasteiger partial charge in [-0.05, 0) is 24.7 Å². The summed E-state index contributed by atoms with van der Waals surface area (Å²) in [5, 5.41) is 0. The minimum Gasteiger partial charge on any atom is -0.462 e. The summed E-state index contributed by atoms with van der Waals surface area (Å²) in [5.41, 5.74) is 5.67. The van der Waals surface area contributed by atoms with Crippen LogP contribution in [0.15, 0.2) is 0 Å². The van der Waals surface area contributed by atoms with Crippen LogP contribution in [-0.2, 0) is 14.3 Å². The molecule has 1 saturated carbocycles. The van der Waals surface area contributed by atoms with Crippen molar-refractivity contribution >= 4 is 5.97 Å². The van der Waals surface area contributed by atoms with Crippen LogP contribution in [0.25, 0.3) is 0 Å². The number of esters is 1. The van der Waals surface area contributed by atoms with Crippen molar-refractivity contribution in [2.45, 2.75) is 32.7 Å². The topological polar surface area (TPSA) is 61.5 Å². The molecule has 1 rings (SSSR count). The van der Waals surface area contributed by atoms with Crippen molar-refractivity contribution in [1.29, 1.82) is 0 Å². The average Bonchev–Trinajstić information content (AvgIpc) is 2.98. The van der Waals surface area contributed by atoms with E-state index in [4.69, 9.17) is 15.2 Å². The van der Waals surface area contributed by atoms with E-state index < -0.39 is 6.04 Å². The van der Waals surface area contributed by atoms with Crippen LogP contribution in [0.4, 0.5) is 0 Å². The molecule has 1 aliphatic rings. The third kappa shape index (κ3) is 5.14. The Morgan fingerprint density at radius 1 is 1.40 bits per heavy atom. The minimum absolute atomic E-state index is 0.286. The maximum atomic E-state index is 11.3. The zero-order chi connectivity index (χ0) is 11.3. The van der Waals surface area contributed by atoms with E-state index in [1.165, 1.54) is 0 Å². The van der Waals surface area contributed by atoms with Crippen LogP contribution in [0.5, 0.6) is 0 Å². The van der Waals surface area contributed by atoms with Crippen molar-refractivity contribution in [2.75, 3.05) is 19.8 Å². The van der Waals surface area contributed by atoms with E-state index >= 15 is 0 Å². The van der Waals surface area contributed by atoms with Gasteiger partial charge in [0.1, 0.15) is 12.6 Å². The van der Waals surface area contributed by atoms with Crippen molar-refractivity contribution in [3.63, 3.8) is 0 Å². The van der Waals surface area contributed by atoms with Crippen LogP contribution in [0, 0.1) is 11.8 Å². The minimum atomic E-state index is -0.421. The van der Waals surface area contributed by atoms with Crippen LogP contribution >= 0.6 is 0 Å². The number of carbonyl (C=O) groups excluding carboxylic acids is 1. The molecule has 88 valence electrons. The maximum absolute atomic E-state index is 11.3. The molecule has 0 aliphatic heterocycles. The standard InChI is InChI=1S/C11H21NO3/c1-8(2)7-14-5-6-15-11(13)10(12)9-3-4-9/h8-10H,3-7,12H2,1-2H3. The number of nitrogens with two attached hydrogens (primary N) is 1. The highest BCUT2D eigenvalue weighted by Gasteiger charge is 2.34. The van der Waals surface area contributed by atoms with Crippen molar-refractivity contribution in [3.05, 3.63) is 0 Å². The number of carbonyl (C=O) groups is 1. The van der Waals surface area contributed by atoms with Gasteiger partial charge in [-0.15, -0.1) is 0 Å². The smallest absolute Gasteiger partial charge is 0.323 e.